The first-order valence-electron chi connectivity index (χ1n) is 10.0. The van der Waals surface area contributed by atoms with E-state index in [2.05, 4.69) is 5.32 Å². The van der Waals surface area contributed by atoms with Crippen LogP contribution in [-0.4, -0.2) is 24.7 Å². The van der Waals surface area contributed by atoms with E-state index in [1.54, 1.807) is 30.3 Å². The number of benzene rings is 3. The minimum absolute atomic E-state index is 0.0119. The Labute approximate surface area is 181 Å². The maximum absolute atomic E-state index is 13.9. The number of nitrogens with one attached hydrogen (secondary N) is 1. The highest BCUT2D eigenvalue weighted by atomic mass is 32.2. The van der Waals surface area contributed by atoms with Crippen LogP contribution < -0.4 is 5.32 Å². The van der Waals surface area contributed by atoms with Crippen molar-refractivity contribution in [2.24, 2.45) is 0 Å². The van der Waals surface area contributed by atoms with E-state index in [4.69, 9.17) is 0 Å². The second kappa shape index (κ2) is 8.61. The van der Waals surface area contributed by atoms with Crippen LogP contribution in [0.5, 0.6) is 0 Å². The van der Waals surface area contributed by atoms with Crippen LogP contribution in [0.15, 0.2) is 77.7 Å². The number of amides is 1. The molecule has 1 N–H and O–H groups in total. The minimum Gasteiger partial charge on any atom is -0.351 e. The predicted octanol–water partition coefficient (Wildman–Crippen LogP) is 3.57. The molecule has 5 nitrogen and oxygen atoms in total. The van der Waals surface area contributed by atoms with Crippen molar-refractivity contribution in [2.75, 3.05) is 0 Å². The zero-order valence-electron chi connectivity index (χ0n) is 17.1. The van der Waals surface area contributed by atoms with Crippen LogP contribution in [0.25, 0.3) is 0 Å². The van der Waals surface area contributed by atoms with E-state index in [-0.39, 0.29) is 24.4 Å². The van der Waals surface area contributed by atoms with Gasteiger partial charge in [0.05, 0.1) is 4.90 Å². The van der Waals surface area contributed by atoms with Gasteiger partial charge in [0, 0.05) is 18.7 Å². The molecule has 0 fully saturated rings. The van der Waals surface area contributed by atoms with Gasteiger partial charge >= 0.3 is 0 Å². The van der Waals surface area contributed by atoms with E-state index in [0.29, 0.717) is 5.56 Å². The Morgan fingerprint density at radius 2 is 1.74 bits per heavy atom. The maximum Gasteiger partial charge on any atom is 0.244 e. The molecule has 0 bridgehead atoms. The highest BCUT2D eigenvalue weighted by Gasteiger charge is 2.39. The molecule has 1 amide bonds. The van der Waals surface area contributed by atoms with E-state index < -0.39 is 27.8 Å². The van der Waals surface area contributed by atoms with Gasteiger partial charge in [-0.2, -0.15) is 4.31 Å². The second-order valence-corrected chi connectivity index (χ2v) is 9.56. The lowest BCUT2D eigenvalue weighted by Gasteiger charge is -2.35. The third-order valence-electron chi connectivity index (χ3n) is 5.52. The third-order valence-corrected chi connectivity index (χ3v) is 7.37. The number of fused-ring (bicyclic) bond motifs is 1. The molecule has 0 saturated heterocycles. The summed E-state index contributed by atoms with van der Waals surface area (Å²) >= 11 is 0. The summed E-state index contributed by atoms with van der Waals surface area (Å²) in [7, 11) is -3.91. The summed E-state index contributed by atoms with van der Waals surface area (Å²) in [5, 5.41) is 2.72. The fourth-order valence-electron chi connectivity index (χ4n) is 3.83. The zero-order valence-corrected chi connectivity index (χ0v) is 17.9. The number of hydrogen-bond donors (Lipinski definition) is 1. The Balaban J connectivity index is 1.66. The molecule has 160 valence electrons. The smallest absolute Gasteiger partial charge is 0.244 e. The standard InChI is InChI=1S/C24H23FN2O3S/c1-17-7-6-11-21(13-17)31(29,30)27-16-20-10-3-2-8-18(20)14-23(27)24(28)26-15-19-9-4-5-12-22(19)25/h2-13,23H,14-16H2,1H3,(H,26,28)/t23-/m1/s1. The number of carbonyl (C=O) groups is 1. The van der Waals surface area contributed by atoms with Crippen molar-refractivity contribution in [3.63, 3.8) is 0 Å². The molecule has 1 heterocycles. The summed E-state index contributed by atoms with van der Waals surface area (Å²) in [5.74, 6) is -0.866. The molecule has 0 radical (unpaired) electrons. The third kappa shape index (κ3) is 4.38. The highest BCUT2D eigenvalue weighted by molar-refractivity contribution is 7.89. The van der Waals surface area contributed by atoms with Gasteiger partial charge in [-0.15, -0.1) is 0 Å². The van der Waals surface area contributed by atoms with Crippen LogP contribution in [-0.2, 0) is 34.3 Å². The fraction of sp³-hybridized carbons (Fsp3) is 0.208. The van der Waals surface area contributed by atoms with Gasteiger partial charge in [-0.25, -0.2) is 12.8 Å². The molecule has 31 heavy (non-hydrogen) atoms. The van der Waals surface area contributed by atoms with Gasteiger partial charge in [0.15, 0.2) is 0 Å². The normalized spacial score (nSPS) is 16.5. The number of carbonyl (C=O) groups excluding carboxylic acids is 1. The first kappa shape index (κ1) is 21.2. The van der Waals surface area contributed by atoms with Gasteiger partial charge in [0.2, 0.25) is 15.9 Å². The first-order valence-corrected chi connectivity index (χ1v) is 11.5. The number of nitrogens with zero attached hydrogens (tertiary/aromatic N) is 1. The van der Waals surface area contributed by atoms with Crippen molar-refractivity contribution < 1.29 is 17.6 Å². The van der Waals surface area contributed by atoms with E-state index in [9.17, 15) is 17.6 Å². The molecular formula is C24H23FN2O3S. The number of halogens is 1. The molecule has 1 aliphatic rings. The minimum atomic E-state index is -3.91. The number of aryl methyl sites for hydroxylation is 1. The molecule has 0 saturated carbocycles. The lowest BCUT2D eigenvalue weighted by Crippen LogP contribution is -2.52. The number of hydrogen-bond acceptors (Lipinski definition) is 3. The Kier molecular flexibility index (Phi) is 5.89. The Morgan fingerprint density at radius 3 is 2.48 bits per heavy atom. The summed E-state index contributed by atoms with van der Waals surface area (Å²) in [4.78, 5) is 13.3. The van der Waals surface area contributed by atoms with Crippen LogP contribution in [0.1, 0.15) is 22.3 Å². The molecule has 0 aromatic heterocycles. The van der Waals surface area contributed by atoms with E-state index in [1.165, 1.54) is 16.4 Å². The van der Waals surface area contributed by atoms with Crippen LogP contribution >= 0.6 is 0 Å². The van der Waals surface area contributed by atoms with Gasteiger partial charge in [-0.3, -0.25) is 4.79 Å². The van der Waals surface area contributed by atoms with Crippen molar-refractivity contribution in [3.8, 4) is 0 Å². The van der Waals surface area contributed by atoms with Crippen molar-refractivity contribution in [2.45, 2.75) is 37.4 Å². The average molecular weight is 439 g/mol. The lowest BCUT2D eigenvalue weighted by molar-refractivity contribution is -0.125. The summed E-state index contributed by atoms with van der Waals surface area (Å²) in [6.07, 6.45) is 0.254. The van der Waals surface area contributed by atoms with Crippen molar-refractivity contribution in [3.05, 3.63) is 101 Å². The molecule has 0 aliphatic carbocycles. The summed E-state index contributed by atoms with van der Waals surface area (Å²) < 4.78 is 42.2. The highest BCUT2D eigenvalue weighted by Crippen LogP contribution is 2.29. The van der Waals surface area contributed by atoms with E-state index in [0.717, 1.165) is 16.7 Å². The first-order chi connectivity index (χ1) is 14.9. The number of rotatable bonds is 5. The second-order valence-electron chi connectivity index (χ2n) is 7.66. The Hall–Kier alpha value is -3.03. The fourth-order valence-corrected chi connectivity index (χ4v) is 5.50. The zero-order chi connectivity index (χ0) is 22.0. The average Bonchev–Trinajstić information content (AvgIpc) is 2.77. The topological polar surface area (TPSA) is 66.5 Å². The monoisotopic (exact) mass is 438 g/mol. The summed E-state index contributed by atoms with van der Waals surface area (Å²) in [6, 6.07) is 19.4. The molecule has 0 unspecified atom stereocenters. The number of sulfonamides is 1. The van der Waals surface area contributed by atoms with Crippen molar-refractivity contribution in [1.29, 1.82) is 0 Å². The van der Waals surface area contributed by atoms with Gasteiger partial charge < -0.3 is 5.32 Å². The van der Waals surface area contributed by atoms with Gasteiger partial charge in [0.1, 0.15) is 11.9 Å². The van der Waals surface area contributed by atoms with Crippen molar-refractivity contribution in [1.82, 2.24) is 9.62 Å². The molecule has 1 aliphatic heterocycles. The lowest BCUT2D eigenvalue weighted by atomic mass is 9.95. The van der Waals surface area contributed by atoms with Crippen LogP contribution in [0.2, 0.25) is 0 Å². The molecular weight excluding hydrogens is 415 g/mol. The van der Waals surface area contributed by atoms with E-state index >= 15 is 0 Å². The molecule has 0 spiro atoms. The van der Waals surface area contributed by atoms with Gasteiger partial charge in [0.25, 0.3) is 0 Å². The molecule has 7 heteroatoms. The van der Waals surface area contributed by atoms with E-state index in [1.807, 2.05) is 37.3 Å². The largest absolute Gasteiger partial charge is 0.351 e. The molecule has 4 rings (SSSR count). The maximum atomic E-state index is 13.9. The molecule has 3 aromatic carbocycles. The quantitative estimate of drug-likeness (QED) is 0.662. The Morgan fingerprint density at radius 1 is 1.03 bits per heavy atom. The van der Waals surface area contributed by atoms with Gasteiger partial charge in [-0.1, -0.05) is 54.6 Å². The van der Waals surface area contributed by atoms with Crippen LogP contribution in [0, 0.1) is 12.7 Å². The molecule has 3 aromatic rings. The van der Waals surface area contributed by atoms with Crippen LogP contribution in [0.3, 0.4) is 0 Å². The summed E-state index contributed by atoms with van der Waals surface area (Å²) in [5.41, 5.74) is 2.97. The van der Waals surface area contributed by atoms with Crippen molar-refractivity contribution >= 4 is 15.9 Å². The SMILES string of the molecule is Cc1cccc(S(=O)(=O)N2Cc3ccccc3C[C@@H]2C(=O)NCc2ccccc2F)c1. The Bertz CT molecular complexity index is 1230. The summed E-state index contributed by atoms with van der Waals surface area (Å²) in [6.45, 7) is 1.91. The molecule has 1 atom stereocenters. The van der Waals surface area contributed by atoms with Crippen LogP contribution in [0.4, 0.5) is 4.39 Å². The predicted molar refractivity (Wildman–Crippen MR) is 116 cm³/mol. The van der Waals surface area contributed by atoms with Gasteiger partial charge in [-0.05, 0) is 48.2 Å².